The summed E-state index contributed by atoms with van der Waals surface area (Å²) < 4.78 is 2.67. The topological polar surface area (TPSA) is 90.4 Å². The summed E-state index contributed by atoms with van der Waals surface area (Å²) in [4.78, 5) is 14.8. The van der Waals surface area contributed by atoms with Crippen molar-refractivity contribution in [3.63, 3.8) is 0 Å². The Bertz CT molecular complexity index is 1310. The Hall–Kier alpha value is -3.23. The number of rotatable bonds is 6. The molecule has 0 bridgehead atoms. The van der Waals surface area contributed by atoms with Crippen LogP contribution < -0.4 is 5.56 Å². The molecular formula is C22H22N4O3S. The summed E-state index contributed by atoms with van der Waals surface area (Å²) in [5, 5.41) is 30.7. The third-order valence-corrected chi connectivity index (χ3v) is 5.96. The van der Waals surface area contributed by atoms with E-state index in [0.29, 0.717) is 23.0 Å². The number of hydrogen-bond acceptors (Lipinski definition) is 7. The van der Waals surface area contributed by atoms with Crippen molar-refractivity contribution >= 4 is 43.8 Å². The second-order valence-electron chi connectivity index (χ2n) is 7.35. The molecule has 0 radical (unpaired) electrons. The van der Waals surface area contributed by atoms with Crippen molar-refractivity contribution in [3.8, 4) is 11.5 Å². The fourth-order valence-corrected chi connectivity index (χ4v) is 4.32. The van der Waals surface area contributed by atoms with Crippen molar-refractivity contribution in [2.45, 2.75) is 13.0 Å². The zero-order valence-electron chi connectivity index (χ0n) is 16.7. The van der Waals surface area contributed by atoms with Crippen molar-refractivity contribution in [3.05, 3.63) is 58.9 Å². The van der Waals surface area contributed by atoms with Gasteiger partial charge in [-0.25, -0.2) is 0 Å². The van der Waals surface area contributed by atoms with Gasteiger partial charge in [-0.15, -0.1) is 5.11 Å². The Morgan fingerprint density at radius 1 is 1.03 bits per heavy atom. The van der Waals surface area contributed by atoms with Gasteiger partial charge in [-0.2, -0.15) is 5.11 Å². The van der Waals surface area contributed by atoms with E-state index in [9.17, 15) is 15.0 Å². The van der Waals surface area contributed by atoms with Crippen molar-refractivity contribution < 1.29 is 10.2 Å². The van der Waals surface area contributed by atoms with Crippen LogP contribution in [0.3, 0.4) is 0 Å². The van der Waals surface area contributed by atoms with Crippen LogP contribution in [0.15, 0.2) is 63.6 Å². The predicted octanol–water partition coefficient (Wildman–Crippen LogP) is 4.99. The lowest BCUT2D eigenvalue weighted by atomic mass is 10.1. The summed E-state index contributed by atoms with van der Waals surface area (Å²) in [6.07, 6.45) is 0.899. The van der Waals surface area contributed by atoms with E-state index in [0.717, 1.165) is 23.1 Å². The van der Waals surface area contributed by atoms with Crippen LogP contribution in [0.5, 0.6) is 11.5 Å². The van der Waals surface area contributed by atoms with Gasteiger partial charge in [0.1, 0.15) is 5.69 Å². The number of benzene rings is 3. The molecule has 0 atom stereocenters. The number of fused-ring (bicyclic) bond motifs is 2. The van der Waals surface area contributed by atoms with Gasteiger partial charge in [-0.1, -0.05) is 35.8 Å². The summed E-state index contributed by atoms with van der Waals surface area (Å²) in [5.74, 6) is -0.575. The van der Waals surface area contributed by atoms with Gasteiger partial charge < -0.3 is 15.1 Å². The molecule has 0 aliphatic carbocycles. The number of nitrogens with zero attached hydrogens (tertiary/aromatic N) is 4. The van der Waals surface area contributed by atoms with Gasteiger partial charge in [0.15, 0.2) is 11.5 Å². The summed E-state index contributed by atoms with van der Waals surface area (Å²) in [6, 6.07) is 14.1. The Morgan fingerprint density at radius 3 is 2.63 bits per heavy atom. The van der Waals surface area contributed by atoms with Crippen molar-refractivity contribution in [2.24, 2.45) is 10.2 Å². The Balaban J connectivity index is 1.67. The van der Waals surface area contributed by atoms with Gasteiger partial charge in [0.2, 0.25) is 0 Å². The average Bonchev–Trinajstić information content (AvgIpc) is 3.03. The quantitative estimate of drug-likeness (QED) is 0.338. The third kappa shape index (κ3) is 3.92. The number of aryl methyl sites for hydroxylation is 1. The fraction of sp³-hybridized carbons (Fsp3) is 0.227. The molecule has 0 amide bonds. The minimum atomic E-state index is -0.322. The molecule has 4 aromatic rings. The number of hydrogen-bond donors (Lipinski definition) is 2. The molecule has 0 saturated carbocycles. The minimum Gasteiger partial charge on any atom is -0.504 e. The van der Waals surface area contributed by atoms with E-state index in [1.54, 1.807) is 22.2 Å². The van der Waals surface area contributed by atoms with Crippen molar-refractivity contribution in [1.29, 1.82) is 0 Å². The Kier molecular flexibility index (Phi) is 5.52. The largest absolute Gasteiger partial charge is 0.504 e. The Morgan fingerprint density at radius 2 is 1.83 bits per heavy atom. The summed E-state index contributed by atoms with van der Waals surface area (Å²) in [7, 11) is 4.02. The van der Waals surface area contributed by atoms with Crippen LogP contribution in [0.4, 0.5) is 11.4 Å². The maximum atomic E-state index is 12.7. The number of azo groups is 1. The van der Waals surface area contributed by atoms with Crippen molar-refractivity contribution in [1.82, 2.24) is 8.86 Å². The molecule has 0 spiro atoms. The van der Waals surface area contributed by atoms with Gasteiger partial charge in [0.25, 0.3) is 5.56 Å². The standard InChI is InChI=1S/C22H22N4O3S/c1-25(2)10-5-11-26-22(29)17-13-15(8-9-19(17)30-26)23-24-20-16-7-4-3-6-14(16)12-18(27)21(20)28/h3-4,6-9,12-13,27-28H,5,10-11H2,1-2H3. The first-order valence-electron chi connectivity index (χ1n) is 9.58. The first kappa shape index (κ1) is 20.1. The second kappa shape index (κ2) is 8.25. The Labute approximate surface area is 177 Å². The van der Waals surface area contributed by atoms with Crippen LogP contribution in [-0.2, 0) is 6.54 Å². The zero-order chi connectivity index (χ0) is 21.3. The lowest BCUT2D eigenvalue weighted by Gasteiger charge is -2.08. The normalized spacial score (nSPS) is 12.0. The number of phenols is 2. The van der Waals surface area contributed by atoms with Crippen LogP contribution in [0, 0.1) is 0 Å². The van der Waals surface area contributed by atoms with Crippen LogP contribution >= 0.6 is 11.5 Å². The van der Waals surface area contributed by atoms with Crippen LogP contribution in [0.2, 0.25) is 0 Å². The first-order valence-corrected chi connectivity index (χ1v) is 10.4. The molecule has 7 nitrogen and oxygen atoms in total. The van der Waals surface area contributed by atoms with Gasteiger partial charge in [0.05, 0.1) is 15.8 Å². The molecule has 8 heteroatoms. The minimum absolute atomic E-state index is 0.0311. The molecule has 154 valence electrons. The number of aromatic nitrogens is 1. The van der Waals surface area contributed by atoms with Crippen LogP contribution in [-0.4, -0.2) is 39.7 Å². The summed E-state index contributed by atoms with van der Waals surface area (Å²) >= 11 is 1.45. The van der Waals surface area contributed by atoms with Crippen molar-refractivity contribution in [2.75, 3.05) is 20.6 Å². The maximum Gasteiger partial charge on any atom is 0.268 e. The number of phenolic OH excluding ortho intramolecular Hbond substituents is 2. The molecule has 0 aliphatic heterocycles. The summed E-state index contributed by atoms with van der Waals surface area (Å²) in [5.41, 5.74) is 0.665. The van der Waals surface area contributed by atoms with E-state index in [4.69, 9.17) is 0 Å². The van der Waals surface area contributed by atoms with Gasteiger partial charge >= 0.3 is 0 Å². The highest BCUT2D eigenvalue weighted by Gasteiger charge is 2.12. The molecule has 2 N–H and O–H groups in total. The predicted molar refractivity (Wildman–Crippen MR) is 121 cm³/mol. The monoisotopic (exact) mass is 422 g/mol. The molecule has 0 aliphatic rings. The van der Waals surface area contributed by atoms with E-state index in [1.807, 2.05) is 38.4 Å². The van der Waals surface area contributed by atoms with Crippen LogP contribution in [0.1, 0.15) is 6.42 Å². The van der Waals surface area contributed by atoms with E-state index in [-0.39, 0.29) is 22.7 Å². The van der Waals surface area contributed by atoms with Gasteiger partial charge in [-0.3, -0.25) is 8.75 Å². The van der Waals surface area contributed by atoms with E-state index >= 15 is 0 Å². The maximum absolute atomic E-state index is 12.7. The molecule has 1 aromatic heterocycles. The molecule has 1 heterocycles. The third-order valence-electron chi connectivity index (χ3n) is 4.84. The fourth-order valence-electron chi connectivity index (χ4n) is 3.31. The summed E-state index contributed by atoms with van der Waals surface area (Å²) in [6.45, 7) is 1.60. The van der Waals surface area contributed by atoms with Crippen LogP contribution in [0.25, 0.3) is 20.9 Å². The highest BCUT2D eigenvalue weighted by Crippen LogP contribution is 2.42. The second-order valence-corrected chi connectivity index (χ2v) is 8.41. The molecule has 0 unspecified atom stereocenters. The van der Waals surface area contributed by atoms with E-state index in [2.05, 4.69) is 15.1 Å². The smallest absolute Gasteiger partial charge is 0.268 e. The molecule has 4 rings (SSSR count). The van der Waals surface area contributed by atoms with E-state index in [1.165, 1.54) is 17.6 Å². The molecule has 30 heavy (non-hydrogen) atoms. The SMILES string of the molecule is CN(C)CCCn1sc2ccc(N=Nc3c(O)c(O)cc4ccccc34)cc2c1=O. The zero-order valence-corrected chi connectivity index (χ0v) is 17.6. The highest BCUT2D eigenvalue weighted by molar-refractivity contribution is 7.13. The highest BCUT2D eigenvalue weighted by atomic mass is 32.1. The molecular weight excluding hydrogens is 400 g/mol. The molecule has 0 saturated heterocycles. The van der Waals surface area contributed by atoms with E-state index < -0.39 is 0 Å². The van der Waals surface area contributed by atoms with Gasteiger partial charge in [0, 0.05) is 11.9 Å². The number of aromatic hydroxyl groups is 2. The molecule has 0 fully saturated rings. The molecule has 3 aromatic carbocycles. The average molecular weight is 423 g/mol. The lowest BCUT2D eigenvalue weighted by Crippen LogP contribution is -2.18. The first-order chi connectivity index (χ1) is 14.4. The van der Waals surface area contributed by atoms with Gasteiger partial charge in [-0.05, 0) is 56.7 Å². The lowest BCUT2D eigenvalue weighted by molar-refractivity contribution is 0.389.